The predicted molar refractivity (Wildman–Crippen MR) is 67.6 cm³/mol. The fourth-order valence-electron chi connectivity index (χ4n) is 1.78. The maximum atomic E-state index is 3.24. The molecule has 1 aromatic rings. The molecule has 0 saturated carbocycles. The standard InChI is InChI=1S/C13H22N2/c1-5-12(10-14-3)15(4)13-8-6-11(2)7-9-13/h6-9,12,14H,5,10H2,1-4H3. The van der Waals surface area contributed by atoms with E-state index in [9.17, 15) is 0 Å². The van der Waals surface area contributed by atoms with Crippen LogP contribution >= 0.6 is 0 Å². The third kappa shape index (κ3) is 3.24. The van der Waals surface area contributed by atoms with Crippen LogP contribution in [0.25, 0.3) is 0 Å². The third-order valence-corrected chi connectivity index (χ3v) is 2.90. The average Bonchev–Trinajstić information content (AvgIpc) is 2.26. The highest BCUT2D eigenvalue weighted by Gasteiger charge is 2.11. The molecule has 0 heterocycles. The van der Waals surface area contributed by atoms with Gasteiger partial charge in [0.1, 0.15) is 0 Å². The molecular weight excluding hydrogens is 184 g/mol. The van der Waals surface area contributed by atoms with Crippen LogP contribution in [0.3, 0.4) is 0 Å². The van der Waals surface area contributed by atoms with Crippen molar-refractivity contribution in [3.05, 3.63) is 29.8 Å². The van der Waals surface area contributed by atoms with Gasteiger partial charge in [0, 0.05) is 25.3 Å². The highest BCUT2D eigenvalue weighted by molar-refractivity contribution is 5.47. The first-order valence-electron chi connectivity index (χ1n) is 5.63. The van der Waals surface area contributed by atoms with Crippen LogP contribution in [-0.2, 0) is 0 Å². The molecule has 1 atom stereocenters. The van der Waals surface area contributed by atoms with Crippen LogP contribution in [0.4, 0.5) is 5.69 Å². The Kier molecular flexibility index (Phi) is 4.63. The van der Waals surface area contributed by atoms with Gasteiger partial charge in [-0.3, -0.25) is 0 Å². The maximum absolute atomic E-state index is 3.24. The molecule has 0 bridgehead atoms. The minimum absolute atomic E-state index is 0.567. The van der Waals surface area contributed by atoms with Gasteiger partial charge in [0.05, 0.1) is 0 Å². The van der Waals surface area contributed by atoms with E-state index in [0.29, 0.717) is 6.04 Å². The number of nitrogens with one attached hydrogen (secondary N) is 1. The van der Waals surface area contributed by atoms with Crippen molar-refractivity contribution in [2.45, 2.75) is 26.3 Å². The molecule has 1 aromatic carbocycles. The van der Waals surface area contributed by atoms with E-state index >= 15 is 0 Å². The third-order valence-electron chi connectivity index (χ3n) is 2.90. The molecule has 0 aliphatic heterocycles. The molecule has 0 amide bonds. The van der Waals surface area contributed by atoms with Crippen LogP contribution in [0.2, 0.25) is 0 Å². The van der Waals surface area contributed by atoms with Crippen molar-refractivity contribution < 1.29 is 0 Å². The van der Waals surface area contributed by atoms with E-state index in [1.54, 1.807) is 0 Å². The molecule has 1 rings (SSSR count). The molecule has 15 heavy (non-hydrogen) atoms. The predicted octanol–water partition coefficient (Wildman–Crippen LogP) is 2.43. The van der Waals surface area contributed by atoms with Crippen LogP contribution in [0, 0.1) is 6.92 Å². The van der Waals surface area contributed by atoms with Gasteiger partial charge in [0.15, 0.2) is 0 Å². The molecule has 1 N–H and O–H groups in total. The van der Waals surface area contributed by atoms with Crippen LogP contribution in [-0.4, -0.2) is 26.7 Å². The molecule has 0 aliphatic rings. The molecule has 1 unspecified atom stereocenters. The van der Waals surface area contributed by atoms with Gasteiger partial charge in [-0.15, -0.1) is 0 Å². The van der Waals surface area contributed by atoms with Crippen LogP contribution in [0.5, 0.6) is 0 Å². The van der Waals surface area contributed by atoms with Crippen molar-refractivity contribution in [2.75, 3.05) is 25.5 Å². The first-order chi connectivity index (χ1) is 7.19. The number of hydrogen-bond acceptors (Lipinski definition) is 2. The first-order valence-corrected chi connectivity index (χ1v) is 5.63. The summed E-state index contributed by atoms with van der Waals surface area (Å²) in [5, 5.41) is 3.24. The Bertz CT molecular complexity index is 279. The lowest BCUT2D eigenvalue weighted by molar-refractivity contribution is 0.572. The summed E-state index contributed by atoms with van der Waals surface area (Å²) >= 11 is 0. The second-order valence-corrected chi connectivity index (χ2v) is 4.07. The van der Waals surface area contributed by atoms with E-state index < -0.39 is 0 Å². The number of anilines is 1. The van der Waals surface area contributed by atoms with Gasteiger partial charge < -0.3 is 10.2 Å². The van der Waals surface area contributed by atoms with Crippen molar-refractivity contribution in [1.29, 1.82) is 0 Å². The Morgan fingerprint density at radius 3 is 2.33 bits per heavy atom. The monoisotopic (exact) mass is 206 g/mol. The summed E-state index contributed by atoms with van der Waals surface area (Å²) in [7, 11) is 4.17. The number of rotatable bonds is 5. The zero-order valence-corrected chi connectivity index (χ0v) is 10.2. The molecule has 84 valence electrons. The van der Waals surface area contributed by atoms with Gasteiger partial charge in [-0.2, -0.15) is 0 Å². The summed E-state index contributed by atoms with van der Waals surface area (Å²) in [6.45, 7) is 5.38. The molecular formula is C13H22N2. The van der Waals surface area contributed by atoms with Crippen molar-refractivity contribution in [3.63, 3.8) is 0 Å². The second kappa shape index (κ2) is 5.76. The first kappa shape index (κ1) is 12.1. The highest BCUT2D eigenvalue weighted by atomic mass is 15.1. The quantitative estimate of drug-likeness (QED) is 0.796. The average molecular weight is 206 g/mol. The number of likely N-dealkylation sites (N-methyl/N-ethyl adjacent to an activating group) is 2. The van der Waals surface area contributed by atoms with Crippen molar-refractivity contribution in [3.8, 4) is 0 Å². The maximum Gasteiger partial charge on any atom is 0.0408 e. The molecule has 0 saturated heterocycles. The van der Waals surface area contributed by atoms with E-state index in [0.717, 1.165) is 13.0 Å². The van der Waals surface area contributed by atoms with Gasteiger partial charge in [0.2, 0.25) is 0 Å². The van der Waals surface area contributed by atoms with Crippen molar-refractivity contribution >= 4 is 5.69 Å². The Labute approximate surface area is 93.3 Å². The second-order valence-electron chi connectivity index (χ2n) is 4.07. The van der Waals surface area contributed by atoms with Gasteiger partial charge in [-0.05, 0) is 32.5 Å². The Hall–Kier alpha value is -1.02. The smallest absolute Gasteiger partial charge is 0.0408 e. The molecule has 0 fully saturated rings. The number of hydrogen-bond donors (Lipinski definition) is 1. The fourth-order valence-corrected chi connectivity index (χ4v) is 1.78. The Balaban J connectivity index is 2.73. The lowest BCUT2D eigenvalue weighted by atomic mass is 10.1. The van der Waals surface area contributed by atoms with Crippen molar-refractivity contribution in [1.82, 2.24) is 5.32 Å². The van der Waals surface area contributed by atoms with Crippen molar-refractivity contribution in [2.24, 2.45) is 0 Å². The normalized spacial score (nSPS) is 12.5. The minimum atomic E-state index is 0.567. The zero-order valence-electron chi connectivity index (χ0n) is 10.2. The van der Waals surface area contributed by atoms with Gasteiger partial charge in [0.25, 0.3) is 0 Å². The lowest BCUT2D eigenvalue weighted by Gasteiger charge is -2.29. The molecule has 0 aromatic heterocycles. The van der Waals surface area contributed by atoms with Crippen LogP contribution < -0.4 is 10.2 Å². The highest BCUT2D eigenvalue weighted by Crippen LogP contribution is 2.16. The summed E-state index contributed by atoms with van der Waals surface area (Å²) in [6, 6.07) is 9.27. The van der Waals surface area contributed by atoms with Gasteiger partial charge >= 0.3 is 0 Å². The van der Waals surface area contributed by atoms with Crippen LogP contribution in [0.15, 0.2) is 24.3 Å². The molecule has 2 heteroatoms. The molecule has 0 radical (unpaired) electrons. The van der Waals surface area contributed by atoms with Gasteiger partial charge in [-0.1, -0.05) is 24.6 Å². The SMILES string of the molecule is CCC(CNC)N(C)c1ccc(C)cc1. The van der Waals surface area contributed by atoms with E-state index in [4.69, 9.17) is 0 Å². The van der Waals surface area contributed by atoms with E-state index in [-0.39, 0.29) is 0 Å². The summed E-state index contributed by atoms with van der Waals surface area (Å²) in [6.07, 6.45) is 1.16. The van der Waals surface area contributed by atoms with Gasteiger partial charge in [-0.25, -0.2) is 0 Å². The van der Waals surface area contributed by atoms with E-state index in [1.807, 2.05) is 7.05 Å². The number of nitrogens with zero attached hydrogens (tertiary/aromatic N) is 1. The number of benzene rings is 1. The van der Waals surface area contributed by atoms with E-state index in [1.165, 1.54) is 11.3 Å². The summed E-state index contributed by atoms with van der Waals surface area (Å²) in [5.74, 6) is 0. The minimum Gasteiger partial charge on any atom is -0.370 e. The topological polar surface area (TPSA) is 15.3 Å². The molecule has 2 nitrogen and oxygen atoms in total. The van der Waals surface area contributed by atoms with E-state index in [2.05, 4.69) is 55.4 Å². The summed E-state index contributed by atoms with van der Waals surface area (Å²) in [5.41, 5.74) is 2.61. The lowest BCUT2D eigenvalue weighted by Crippen LogP contribution is -2.38. The largest absolute Gasteiger partial charge is 0.370 e. The zero-order chi connectivity index (χ0) is 11.3. The fraction of sp³-hybridized carbons (Fsp3) is 0.538. The summed E-state index contributed by atoms with van der Waals surface area (Å²) < 4.78 is 0. The number of aryl methyl sites for hydroxylation is 1. The Morgan fingerprint density at radius 1 is 1.27 bits per heavy atom. The van der Waals surface area contributed by atoms with Crippen LogP contribution in [0.1, 0.15) is 18.9 Å². The Morgan fingerprint density at radius 2 is 1.87 bits per heavy atom. The molecule has 0 aliphatic carbocycles. The molecule has 0 spiro atoms. The summed E-state index contributed by atoms with van der Waals surface area (Å²) in [4.78, 5) is 2.34.